The second kappa shape index (κ2) is 9.98. The summed E-state index contributed by atoms with van der Waals surface area (Å²) in [6.45, 7) is 3.11. The number of hydrogen-bond donors (Lipinski definition) is 1. The zero-order valence-electron chi connectivity index (χ0n) is 21.2. The number of aromatic nitrogens is 1. The molecule has 0 spiro atoms. The fourth-order valence-corrected chi connectivity index (χ4v) is 6.95. The van der Waals surface area contributed by atoms with Gasteiger partial charge in [0.05, 0.1) is 32.0 Å². The molecule has 6 nitrogen and oxygen atoms in total. The summed E-state index contributed by atoms with van der Waals surface area (Å²) in [4.78, 5) is 17.5. The molecule has 2 amide bonds. The van der Waals surface area contributed by atoms with Gasteiger partial charge in [-0.3, -0.25) is 0 Å². The molecular weight excluding hydrogens is 482 g/mol. The van der Waals surface area contributed by atoms with Crippen molar-refractivity contribution in [3.8, 4) is 16.5 Å². The highest BCUT2D eigenvalue weighted by molar-refractivity contribution is 7.15. The van der Waals surface area contributed by atoms with Crippen LogP contribution in [0.15, 0.2) is 66.9 Å². The lowest BCUT2D eigenvalue weighted by Gasteiger charge is -2.31. The van der Waals surface area contributed by atoms with Crippen LogP contribution in [0.1, 0.15) is 53.1 Å². The maximum absolute atomic E-state index is 14.0. The van der Waals surface area contributed by atoms with E-state index in [0.29, 0.717) is 13.2 Å². The number of hydrogen-bond acceptors (Lipinski definition) is 4. The number of anilines is 1. The van der Waals surface area contributed by atoms with Gasteiger partial charge >= 0.3 is 6.03 Å². The molecule has 0 saturated carbocycles. The van der Waals surface area contributed by atoms with Gasteiger partial charge in [-0.05, 0) is 92.3 Å². The molecule has 4 aromatic rings. The topological polar surface area (TPSA) is 55.7 Å². The second-order valence-electron chi connectivity index (χ2n) is 9.49. The first-order valence-corrected chi connectivity index (χ1v) is 13.7. The molecule has 6 rings (SSSR count). The lowest BCUT2D eigenvalue weighted by atomic mass is 9.95. The second-order valence-corrected chi connectivity index (χ2v) is 10.6. The van der Waals surface area contributed by atoms with Crippen LogP contribution < -0.4 is 14.8 Å². The largest absolute Gasteiger partial charge is 0.497 e. The van der Waals surface area contributed by atoms with Crippen molar-refractivity contribution in [2.24, 2.45) is 0 Å². The Morgan fingerprint density at radius 3 is 2.68 bits per heavy atom. The maximum Gasteiger partial charge on any atom is 0.322 e. The number of carbonyl (C=O) groups is 1. The summed E-state index contributed by atoms with van der Waals surface area (Å²) in [5.41, 5.74) is 5.56. The van der Waals surface area contributed by atoms with Gasteiger partial charge in [0, 0.05) is 22.3 Å². The van der Waals surface area contributed by atoms with Crippen molar-refractivity contribution >= 4 is 23.1 Å². The predicted molar refractivity (Wildman–Crippen MR) is 147 cm³/mol. The van der Waals surface area contributed by atoms with Crippen molar-refractivity contribution in [1.29, 1.82) is 0 Å². The number of amides is 2. The number of carbonyl (C=O) groups excluding carboxylic acids is 1. The van der Waals surface area contributed by atoms with Crippen molar-refractivity contribution in [3.63, 3.8) is 0 Å². The van der Waals surface area contributed by atoms with Crippen LogP contribution in [-0.4, -0.2) is 29.2 Å². The van der Waals surface area contributed by atoms with E-state index in [-0.39, 0.29) is 12.1 Å². The molecule has 7 heteroatoms. The van der Waals surface area contributed by atoms with Gasteiger partial charge in [-0.25, -0.2) is 4.79 Å². The average molecular weight is 514 g/mol. The quantitative estimate of drug-likeness (QED) is 0.314. The predicted octanol–water partition coefficient (Wildman–Crippen LogP) is 6.96. The molecule has 0 saturated heterocycles. The third-order valence-corrected chi connectivity index (χ3v) is 8.60. The first-order chi connectivity index (χ1) is 18.2. The lowest BCUT2D eigenvalue weighted by Crippen LogP contribution is -2.38. The lowest BCUT2D eigenvalue weighted by molar-refractivity contribution is 0.194. The maximum atomic E-state index is 14.0. The number of nitrogens with zero attached hydrogens (tertiary/aromatic N) is 2. The standard InChI is InChI=1S/C30H31N3O3S/c1-3-36-22-15-13-21(14-16-22)31-30(34)33-19-25-24-10-4-5-12-27(24)37-29(25)32-17-7-11-26(32)28(33)20-8-6-9-23(18-20)35-2/h6-9,11,13-18,28H,3-5,10,12,19H2,1-2H3,(H,31,34)/t28-/m0/s1. The molecular formula is C30H31N3O3S. The minimum absolute atomic E-state index is 0.131. The zero-order chi connectivity index (χ0) is 25.4. The highest BCUT2D eigenvalue weighted by Gasteiger charge is 2.36. The molecule has 2 aromatic heterocycles. The Morgan fingerprint density at radius 1 is 1.03 bits per heavy atom. The van der Waals surface area contributed by atoms with Crippen LogP contribution in [0.2, 0.25) is 0 Å². The number of benzene rings is 2. The van der Waals surface area contributed by atoms with Gasteiger partial charge in [-0.2, -0.15) is 0 Å². The van der Waals surface area contributed by atoms with Crippen molar-refractivity contribution < 1.29 is 14.3 Å². The monoisotopic (exact) mass is 513 g/mol. The van der Waals surface area contributed by atoms with Crippen LogP contribution in [0.4, 0.5) is 10.5 Å². The van der Waals surface area contributed by atoms with Crippen molar-refractivity contribution in [2.75, 3.05) is 19.0 Å². The molecule has 1 aliphatic heterocycles. The first-order valence-electron chi connectivity index (χ1n) is 12.9. The Hall–Kier alpha value is -3.71. The van der Waals surface area contributed by atoms with Crippen LogP contribution >= 0.6 is 11.3 Å². The van der Waals surface area contributed by atoms with Gasteiger partial charge in [0.2, 0.25) is 0 Å². The smallest absolute Gasteiger partial charge is 0.322 e. The van der Waals surface area contributed by atoms with Crippen molar-refractivity contribution in [1.82, 2.24) is 9.47 Å². The van der Waals surface area contributed by atoms with E-state index in [4.69, 9.17) is 9.47 Å². The summed E-state index contributed by atoms with van der Waals surface area (Å²) >= 11 is 1.89. The van der Waals surface area contributed by atoms with E-state index >= 15 is 0 Å². The molecule has 37 heavy (non-hydrogen) atoms. The van der Waals surface area contributed by atoms with Crippen LogP contribution in [0.5, 0.6) is 11.5 Å². The SMILES string of the molecule is CCOc1ccc(NC(=O)N2Cc3c(sc4c3CCCC4)-n3cccc3[C@@H]2c2cccc(OC)c2)cc1. The molecule has 0 bridgehead atoms. The number of thiophene rings is 1. The molecule has 0 fully saturated rings. The van der Waals surface area contributed by atoms with Gasteiger partial charge in [-0.15, -0.1) is 11.3 Å². The molecule has 2 aromatic carbocycles. The van der Waals surface area contributed by atoms with Gasteiger partial charge in [0.25, 0.3) is 0 Å². The summed E-state index contributed by atoms with van der Waals surface area (Å²) in [5, 5.41) is 4.40. The fraction of sp³-hybridized carbons (Fsp3) is 0.300. The van der Waals surface area contributed by atoms with E-state index in [2.05, 4.69) is 34.3 Å². The number of urea groups is 1. The van der Waals surface area contributed by atoms with Crippen LogP contribution in [0.3, 0.4) is 0 Å². The van der Waals surface area contributed by atoms with Crippen molar-refractivity contribution in [2.45, 2.75) is 45.2 Å². The molecule has 1 aliphatic carbocycles. The third-order valence-electron chi connectivity index (χ3n) is 7.27. The van der Waals surface area contributed by atoms with E-state index in [1.807, 2.05) is 65.6 Å². The van der Waals surface area contributed by atoms with E-state index in [0.717, 1.165) is 41.3 Å². The van der Waals surface area contributed by atoms with E-state index in [1.54, 1.807) is 7.11 Å². The number of methoxy groups -OCH3 is 1. The summed E-state index contributed by atoms with van der Waals surface area (Å²) in [6.07, 6.45) is 6.78. The Kier molecular flexibility index (Phi) is 6.38. The molecule has 190 valence electrons. The third kappa shape index (κ3) is 4.37. The zero-order valence-corrected chi connectivity index (χ0v) is 22.0. The summed E-state index contributed by atoms with van der Waals surface area (Å²) in [7, 11) is 1.68. The van der Waals surface area contributed by atoms with Crippen LogP contribution in [-0.2, 0) is 19.4 Å². The molecule has 0 unspecified atom stereocenters. The fourth-order valence-electron chi connectivity index (χ4n) is 5.55. The van der Waals surface area contributed by atoms with Gasteiger partial charge in [0.15, 0.2) is 0 Å². The number of aryl methyl sites for hydroxylation is 1. The molecule has 0 radical (unpaired) electrons. The minimum Gasteiger partial charge on any atom is -0.497 e. The van der Waals surface area contributed by atoms with Gasteiger partial charge in [-0.1, -0.05) is 12.1 Å². The Morgan fingerprint density at radius 2 is 1.86 bits per heavy atom. The summed E-state index contributed by atoms with van der Waals surface area (Å²) < 4.78 is 13.4. The van der Waals surface area contributed by atoms with E-state index in [9.17, 15) is 4.79 Å². The molecule has 1 atom stereocenters. The van der Waals surface area contributed by atoms with E-state index in [1.165, 1.54) is 33.8 Å². The Labute approximate surface area is 221 Å². The summed E-state index contributed by atoms with van der Waals surface area (Å²) in [5.74, 6) is 1.57. The number of fused-ring (bicyclic) bond motifs is 5. The highest BCUT2D eigenvalue weighted by Crippen LogP contribution is 2.44. The number of ether oxygens (including phenoxy) is 2. The van der Waals surface area contributed by atoms with E-state index < -0.39 is 0 Å². The average Bonchev–Trinajstić information content (AvgIpc) is 3.52. The molecule has 2 aliphatic rings. The highest BCUT2D eigenvalue weighted by atomic mass is 32.1. The molecule has 3 heterocycles. The first kappa shape index (κ1) is 23.7. The van der Waals surface area contributed by atoms with Gasteiger partial charge < -0.3 is 24.3 Å². The number of rotatable bonds is 5. The minimum atomic E-state index is -0.272. The normalized spacial score (nSPS) is 16.3. The Bertz CT molecular complexity index is 1420. The Balaban J connectivity index is 1.45. The van der Waals surface area contributed by atoms with Crippen molar-refractivity contribution in [3.05, 3.63) is 94.1 Å². The van der Waals surface area contributed by atoms with Crippen LogP contribution in [0.25, 0.3) is 5.00 Å². The van der Waals surface area contributed by atoms with Gasteiger partial charge in [0.1, 0.15) is 16.5 Å². The summed E-state index contributed by atoms with van der Waals surface area (Å²) in [6, 6.07) is 19.4. The molecule has 1 N–H and O–H groups in total. The van der Waals surface area contributed by atoms with Crippen LogP contribution in [0, 0.1) is 0 Å². The number of nitrogens with one attached hydrogen (secondary N) is 1.